The Morgan fingerprint density at radius 3 is 2.58 bits per heavy atom. The molecule has 1 aliphatic carbocycles. The lowest BCUT2D eigenvalue weighted by Crippen LogP contribution is -2.33. The van der Waals surface area contributed by atoms with E-state index in [-0.39, 0.29) is 30.4 Å². The number of carbonyl (C=O) groups excluding carboxylic acids is 1. The van der Waals surface area contributed by atoms with Crippen molar-refractivity contribution in [3.63, 3.8) is 0 Å². The third-order valence-electron chi connectivity index (χ3n) is 3.39. The molecule has 0 saturated heterocycles. The standard InChI is InChI=1S/C14H18ClNO2.ClH/c1-9(16)14(17)18-13-4-2-3-12(13)10-5-7-11(15)8-6-10;/h5-9,12-13H,2-4,16H2,1H3;1H/t9?,12-,13+;/m0./s1. The van der Waals surface area contributed by atoms with Crippen LogP contribution in [0, 0.1) is 0 Å². The fourth-order valence-corrected chi connectivity index (χ4v) is 2.54. The molecule has 106 valence electrons. The fraction of sp³-hybridized carbons (Fsp3) is 0.500. The smallest absolute Gasteiger partial charge is 0.322 e. The molecule has 3 nitrogen and oxygen atoms in total. The van der Waals surface area contributed by atoms with Gasteiger partial charge in [0, 0.05) is 10.9 Å². The van der Waals surface area contributed by atoms with Gasteiger partial charge in [-0.05, 0) is 43.9 Å². The molecule has 0 heterocycles. The summed E-state index contributed by atoms with van der Waals surface area (Å²) in [5.41, 5.74) is 6.71. The summed E-state index contributed by atoms with van der Waals surface area (Å²) < 4.78 is 5.47. The van der Waals surface area contributed by atoms with E-state index in [1.165, 1.54) is 5.56 Å². The van der Waals surface area contributed by atoms with E-state index >= 15 is 0 Å². The minimum absolute atomic E-state index is 0. The Hall–Kier alpha value is -0.770. The number of hydrogen-bond acceptors (Lipinski definition) is 3. The minimum Gasteiger partial charge on any atom is -0.461 e. The molecule has 1 unspecified atom stereocenters. The first-order valence-electron chi connectivity index (χ1n) is 6.29. The van der Waals surface area contributed by atoms with Crippen molar-refractivity contribution in [1.29, 1.82) is 0 Å². The number of benzene rings is 1. The number of hydrogen-bond donors (Lipinski definition) is 1. The first kappa shape index (κ1) is 16.3. The number of nitrogens with two attached hydrogens (primary N) is 1. The SMILES string of the molecule is CC(N)C(=O)O[C@@H]1CCC[C@H]1c1ccc(Cl)cc1.Cl. The van der Waals surface area contributed by atoms with Crippen molar-refractivity contribution in [2.24, 2.45) is 5.73 Å². The summed E-state index contributed by atoms with van der Waals surface area (Å²) in [6, 6.07) is 7.20. The number of esters is 1. The normalized spacial score (nSPS) is 23.5. The first-order valence-corrected chi connectivity index (χ1v) is 6.67. The molecule has 0 aliphatic heterocycles. The second-order valence-corrected chi connectivity index (χ2v) is 5.29. The number of ether oxygens (including phenoxy) is 1. The number of halogens is 2. The van der Waals surface area contributed by atoms with Crippen LogP contribution in [0.2, 0.25) is 5.02 Å². The van der Waals surface area contributed by atoms with Crippen LogP contribution in [0.25, 0.3) is 0 Å². The van der Waals surface area contributed by atoms with Crippen LogP contribution in [-0.4, -0.2) is 18.1 Å². The van der Waals surface area contributed by atoms with Crippen LogP contribution in [-0.2, 0) is 9.53 Å². The Morgan fingerprint density at radius 2 is 2.00 bits per heavy atom. The molecule has 1 fully saturated rings. The van der Waals surface area contributed by atoms with Gasteiger partial charge in [0.15, 0.2) is 0 Å². The molecular formula is C14H19Cl2NO2. The second-order valence-electron chi connectivity index (χ2n) is 4.85. The largest absolute Gasteiger partial charge is 0.461 e. The van der Waals surface area contributed by atoms with E-state index in [9.17, 15) is 4.79 Å². The van der Waals surface area contributed by atoms with Gasteiger partial charge in [-0.15, -0.1) is 12.4 Å². The van der Waals surface area contributed by atoms with Crippen LogP contribution < -0.4 is 5.73 Å². The fourth-order valence-electron chi connectivity index (χ4n) is 2.41. The van der Waals surface area contributed by atoms with Crippen LogP contribution in [0.3, 0.4) is 0 Å². The van der Waals surface area contributed by atoms with Crippen molar-refractivity contribution in [3.8, 4) is 0 Å². The van der Waals surface area contributed by atoms with Gasteiger partial charge in [-0.3, -0.25) is 4.79 Å². The Bertz CT molecular complexity index is 420. The van der Waals surface area contributed by atoms with Crippen molar-refractivity contribution in [2.75, 3.05) is 0 Å². The molecule has 1 saturated carbocycles. The van der Waals surface area contributed by atoms with Gasteiger partial charge in [0.25, 0.3) is 0 Å². The highest BCUT2D eigenvalue weighted by Crippen LogP contribution is 2.37. The highest BCUT2D eigenvalue weighted by atomic mass is 35.5. The van der Waals surface area contributed by atoms with Crippen LogP contribution in [0.1, 0.15) is 37.7 Å². The third kappa shape index (κ3) is 4.10. The molecule has 0 bridgehead atoms. The quantitative estimate of drug-likeness (QED) is 0.872. The average molecular weight is 304 g/mol. The van der Waals surface area contributed by atoms with Gasteiger partial charge in [0.1, 0.15) is 12.1 Å². The van der Waals surface area contributed by atoms with E-state index < -0.39 is 6.04 Å². The molecule has 1 aromatic rings. The first-order chi connectivity index (χ1) is 8.58. The van der Waals surface area contributed by atoms with E-state index in [1.54, 1.807) is 6.92 Å². The van der Waals surface area contributed by atoms with Crippen molar-refractivity contribution < 1.29 is 9.53 Å². The summed E-state index contributed by atoms with van der Waals surface area (Å²) in [4.78, 5) is 11.6. The zero-order chi connectivity index (χ0) is 13.1. The van der Waals surface area contributed by atoms with E-state index in [1.807, 2.05) is 24.3 Å². The van der Waals surface area contributed by atoms with Crippen molar-refractivity contribution in [3.05, 3.63) is 34.9 Å². The summed E-state index contributed by atoms with van der Waals surface area (Å²) in [5.74, 6) is -0.0502. The van der Waals surface area contributed by atoms with E-state index in [0.29, 0.717) is 0 Å². The molecule has 1 aromatic carbocycles. The van der Waals surface area contributed by atoms with Gasteiger partial charge in [-0.1, -0.05) is 23.7 Å². The summed E-state index contributed by atoms with van der Waals surface area (Å²) in [6.45, 7) is 1.65. The van der Waals surface area contributed by atoms with Crippen molar-refractivity contribution >= 4 is 30.0 Å². The van der Waals surface area contributed by atoms with Gasteiger partial charge < -0.3 is 10.5 Å². The maximum atomic E-state index is 11.6. The molecular weight excluding hydrogens is 285 g/mol. The Balaban J connectivity index is 0.00000180. The molecule has 5 heteroatoms. The lowest BCUT2D eigenvalue weighted by atomic mass is 9.96. The summed E-state index contributed by atoms with van der Waals surface area (Å²) >= 11 is 5.88. The van der Waals surface area contributed by atoms with Gasteiger partial charge in [0.2, 0.25) is 0 Å². The highest BCUT2D eigenvalue weighted by Gasteiger charge is 2.32. The number of rotatable bonds is 3. The van der Waals surface area contributed by atoms with E-state index in [4.69, 9.17) is 22.1 Å². The number of carbonyl (C=O) groups is 1. The Labute approximate surface area is 124 Å². The zero-order valence-electron chi connectivity index (χ0n) is 10.8. The van der Waals surface area contributed by atoms with E-state index in [0.717, 1.165) is 24.3 Å². The summed E-state index contributed by atoms with van der Waals surface area (Å²) in [6.07, 6.45) is 2.97. The maximum absolute atomic E-state index is 11.6. The van der Waals surface area contributed by atoms with Crippen LogP contribution in [0.15, 0.2) is 24.3 Å². The topological polar surface area (TPSA) is 52.3 Å². The molecule has 0 aromatic heterocycles. The Kier molecular flexibility index (Phi) is 6.11. The molecule has 0 radical (unpaired) electrons. The van der Waals surface area contributed by atoms with Gasteiger partial charge in [0.05, 0.1) is 0 Å². The van der Waals surface area contributed by atoms with Crippen molar-refractivity contribution in [1.82, 2.24) is 0 Å². The zero-order valence-corrected chi connectivity index (χ0v) is 12.4. The van der Waals surface area contributed by atoms with Crippen LogP contribution >= 0.6 is 24.0 Å². The lowest BCUT2D eigenvalue weighted by molar-refractivity contribution is -0.150. The molecule has 2 N–H and O–H groups in total. The predicted octanol–water partition coefficient (Wildman–Crippen LogP) is 3.29. The van der Waals surface area contributed by atoms with Gasteiger partial charge in [-0.25, -0.2) is 0 Å². The average Bonchev–Trinajstić information content (AvgIpc) is 2.78. The molecule has 0 spiro atoms. The highest BCUT2D eigenvalue weighted by molar-refractivity contribution is 6.30. The lowest BCUT2D eigenvalue weighted by Gasteiger charge is -2.21. The molecule has 1 aliphatic rings. The monoisotopic (exact) mass is 303 g/mol. The van der Waals surface area contributed by atoms with Crippen molar-refractivity contribution in [2.45, 2.75) is 44.2 Å². The molecule has 2 rings (SSSR count). The van der Waals surface area contributed by atoms with Gasteiger partial charge >= 0.3 is 5.97 Å². The predicted molar refractivity (Wildman–Crippen MR) is 78.8 cm³/mol. The molecule has 3 atom stereocenters. The molecule has 19 heavy (non-hydrogen) atoms. The maximum Gasteiger partial charge on any atom is 0.322 e. The third-order valence-corrected chi connectivity index (χ3v) is 3.64. The van der Waals surface area contributed by atoms with E-state index in [2.05, 4.69) is 0 Å². The summed E-state index contributed by atoms with van der Waals surface area (Å²) in [5, 5.41) is 0.723. The minimum atomic E-state index is -0.559. The Morgan fingerprint density at radius 1 is 1.37 bits per heavy atom. The summed E-state index contributed by atoms with van der Waals surface area (Å²) in [7, 11) is 0. The van der Waals surface area contributed by atoms with Crippen LogP contribution in [0.5, 0.6) is 0 Å². The second kappa shape index (κ2) is 7.13. The van der Waals surface area contributed by atoms with Gasteiger partial charge in [-0.2, -0.15) is 0 Å². The molecule has 0 amide bonds. The van der Waals surface area contributed by atoms with Crippen LogP contribution in [0.4, 0.5) is 0 Å².